The first-order valence-electron chi connectivity index (χ1n) is 6.11. The first kappa shape index (κ1) is 12.5. The van der Waals surface area contributed by atoms with E-state index in [1.165, 1.54) is 11.3 Å². The normalized spacial score (nSPS) is 11.0. The molecule has 0 aliphatic carbocycles. The number of nitrogens with two attached hydrogens (primary N) is 1. The number of hydrogen-bond donors (Lipinski definition) is 1. The van der Waals surface area contributed by atoms with Crippen molar-refractivity contribution in [2.75, 3.05) is 5.73 Å². The molecule has 98 valence electrons. The number of rotatable bonds is 3. The second-order valence-electron chi connectivity index (χ2n) is 4.11. The van der Waals surface area contributed by atoms with Gasteiger partial charge in [0.05, 0.1) is 5.69 Å². The van der Waals surface area contributed by atoms with Gasteiger partial charge in [-0.2, -0.15) is 0 Å². The van der Waals surface area contributed by atoms with Gasteiger partial charge in [-0.05, 0) is 12.1 Å². The summed E-state index contributed by atoms with van der Waals surface area (Å²) in [5.41, 5.74) is 8.36. The average molecular weight is 280 g/mol. The summed E-state index contributed by atoms with van der Waals surface area (Å²) in [6.45, 7) is 0. The van der Waals surface area contributed by atoms with Crippen molar-refractivity contribution >= 4 is 27.2 Å². The highest BCUT2D eigenvalue weighted by Crippen LogP contribution is 2.37. The number of benzene rings is 2. The molecule has 0 unspecified atom stereocenters. The van der Waals surface area contributed by atoms with E-state index in [0.717, 1.165) is 21.9 Å². The molecule has 0 amide bonds. The molecule has 0 saturated heterocycles. The number of hydrogen-bond acceptors (Lipinski definition) is 5. The molecule has 0 aliphatic heterocycles. The van der Waals surface area contributed by atoms with Crippen molar-refractivity contribution in [2.45, 2.75) is 0 Å². The number of thiazole rings is 1. The van der Waals surface area contributed by atoms with Gasteiger partial charge in [-0.15, -0.1) is 10.2 Å². The largest absolute Gasteiger partial charge is 0.375 e. The van der Waals surface area contributed by atoms with Crippen LogP contribution in [0.2, 0.25) is 0 Å². The fourth-order valence-corrected chi connectivity index (χ4v) is 2.45. The fourth-order valence-electron chi connectivity index (χ4n) is 1.78. The molecule has 0 atom stereocenters. The zero-order chi connectivity index (χ0) is 13.8. The van der Waals surface area contributed by atoms with Crippen molar-refractivity contribution in [2.24, 2.45) is 10.2 Å². The summed E-state index contributed by atoms with van der Waals surface area (Å²) < 4.78 is 0. The molecule has 1 heterocycles. The van der Waals surface area contributed by atoms with Crippen LogP contribution in [0.1, 0.15) is 0 Å². The Kier molecular flexibility index (Phi) is 3.52. The zero-order valence-corrected chi connectivity index (χ0v) is 11.4. The van der Waals surface area contributed by atoms with E-state index in [4.69, 9.17) is 5.73 Å². The standard InChI is InChI=1S/C15H12N4S/c16-15-17-13(11-7-3-1-4-8-11)14(20-15)19-18-12-9-5-2-6-10-12/h1-10H,(H2,16,17). The van der Waals surface area contributed by atoms with Crippen molar-refractivity contribution in [3.8, 4) is 11.3 Å². The quantitative estimate of drug-likeness (QED) is 0.700. The summed E-state index contributed by atoms with van der Waals surface area (Å²) in [6.07, 6.45) is 0. The maximum Gasteiger partial charge on any atom is 0.182 e. The first-order valence-corrected chi connectivity index (χ1v) is 6.93. The topological polar surface area (TPSA) is 63.6 Å². The van der Waals surface area contributed by atoms with Gasteiger partial charge in [0, 0.05) is 5.56 Å². The Bertz CT molecular complexity index is 720. The van der Waals surface area contributed by atoms with Gasteiger partial charge in [0.15, 0.2) is 10.1 Å². The molecule has 0 fully saturated rings. The Morgan fingerprint density at radius 1 is 0.850 bits per heavy atom. The van der Waals surface area contributed by atoms with Gasteiger partial charge >= 0.3 is 0 Å². The van der Waals surface area contributed by atoms with Gasteiger partial charge in [-0.1, -0.05) is 59.9 Å². The van der Waals surface area contributed by atoms with Crippen LogP contribution in [0, 0.1) is 0 Å². The smallest absolute Gasteiger partial charge is 0.182 e. The van der Waals surface area contributed by atoms with Crippen LogP contribution in [0.25, 0.3) is 11.3 Å². The Hall–Kier alpha value is -2.53. The predicted octanol–water partition coefficient (Wildman–Crippen LogP) is 4.81. The van der Waals surface area contributed by atoms with Gasteiger partial charge in [0.25, 0.3) is 0 Å². The van der Waals surface area contributed by atoms with Crippen LogP contribution in [-0.4, -0.2) is 4.98 Å². The first-order chi connectivity index (χ1) is 9.83. The minimum absolute atomic E-state index is 0.492. The maximum absolute atomic E-state index is 5.79. The van der Waals surface area contributed by atoms with Crippen molar-refractivity contribution < 1.29 is 0 Å². The lowest BCUT2D eigenvalue weighted by Crippen LogP contribution is -1.82. The zero-order valence-electron chi connectivity index (χ0n) is 10.6. The lowest BCUT2D eigenvalue weighted by molar-refractivity contribution is 1.24. The third kappa shape index (κ3) is 2.73. The highest BCUT2D eigenvalue weighted by Gasteiger charge is 2.11. The van der Waals surface area contributed by atoms with Crippen molar-refractivity contribution in [1.82, 2.24) is 4.98 Å². The highest BCUT2D eigenvalue weighted by atomic mass is 32.1. The molecule has 5 heteroatoms. The Labute approximate surface area is 120 Å². The second-order valence-corrected chi connectivity index (χ2v) is 5.12. The summed E-state index contributed by atoms with van der Waals surface area (Å²) >= 11 is 1.33. The molecule has 0 spiro atoms. The molecule has 20 heavy (non-hydrogen) atoms. The van der Waals surface area contributed by atoms with Crippen LogP contribution in [0.5, 0.6) is 0 Å². The van der Waals surface area contributed by atoms with E-state index >= 15 is 0 Å². The van der Waals surface area contributed by atoms with E-state index in [1.54, 1.807) is 0 Å². The molecule has 2 aromatic carbocycles. The molecular weight excluding hydrogens is 268 g/mol. The second kappa shape index (κ2) is 5.63. The number of nitrogen functional groups attached to an aromatic ring is 1. The van der Waals surface area contributed by atoms with Crippen molar-refractivity contribution in [1.29, 1.82) is 0 Å². The molecule has 0 bridgehead atoms. The number of anilines is 1. The van der Waals surface area contributed by atoms with E-state index in [-0.39, 0.29) is 0 Å². The Morgan fingerprint density at radius 2 is 1.50 bits per heavy atom. The molecule has 2 N–H and O–H groups in total. The number of nitrogens with zero attached hydrogens (tertiary/aromatic N) is 3. The van der Waals surface area contributed by atoms with Crippen LogP contribution in [0.15, 0.2) is 70.9 Å². The predicted molar refractivity (Wildman–Crippen MR) is 82.6 cm³/mol. The third-order valence-electron chi connectivity index (χ3n) is 2.69. The Morgan fingerprint density at radius 3 is 2.20 bits per heavy atom. The van der Waals surface area contributed by atoms with Gasteiger partial charge in [-0.25, -0.2) is 4.98 Å². The number of azo groups is 1. The Balaban J connectivity index is 1.97. The molecule has 3 rings (SSSR count). The monoisotopic (exact) mass is 280 g/mol. The van der Waals surface area contributed by atoms with Crippen molar-refractivity contribution in [3.63, 3.8) is 0 Å². The van der Waals surface area contributed by atoms with Gasteiger partial charge in [0.1, 0.15) is 5.69 Å². The molecule has 1 aromatic heterocycles. The number of aromatic nitrogens is 1. The summed E-state index contributed by atoms with van der Waals surface area (Å²) in [5, 5.41) is 9.70. The summed E-state index contributed by atoms with van der Waals surface area (Å²) in [5.74, 6) is 0. The molecule has 3 aromatic rings. The van der Waals surface area contributed by atoms with Crippen LogP contribution in [0.4, 0.5) is 15.8 Å². The molecular formula is C15H12N4S. The third-order valence-corrected chi connectivity index (χ3v) is 3.45. The minimum atomic E-state index is 0.492. The highest BCUT2D eigenvalue weighted by molar-refractivity contribution is 7.19. The summed E-state index contributed by atoms with van der Waals surface area (Å²) in [7, 11) is 0. The van der Waals surface area contributed by atoms with Gasteiger partial charge in [0.2, 0.25) is 0 Å². The van der Waals surface area contributed by atoms with Crippen molar-refractivity contribution in [3.05, 3.63) is 60.7 Å². The SMILES string of the molecule is Nc1nc(-c2ccccc2)c(N=Nc2ccccc2)s1. The van der Waals surface area contributed by atoms with E-state index in [2.05, 4.69) is 15.2 Å². The van der Waals surface area contributed by atoms with E-state index in [1.807, 2.05) is 60.7 Å². The van der Waals surface area contributed by atoms with Gasteiger partial charge < -0.3 is 5.73 Å². The molecule has 4 nitrogen and oxygen atoms in total. The van der Waals surface area contributed by atoms with E-state index < -0.39 is 0 Å². The van der Waals surface area contributed by atoms with E-state index in [9.17, 15) is 0 Å². The van der Waals surface area contributed by atoms with Crippen LogP contribution in [-0.2, 0) is 0 Å². The molecule has 0 saturated carbocycles. The average Bonchev–Trinajstić information content (AvgIpc) is 2.88. The van der Waals surface area contributed by atoms with Crippen LogP contribution < -0.4 is 5.73 Å². The fraction of sp³-hybridized carbons (Fsp3) is 0. The lowest BCUT2D eigenvalue weighted by Gasteiger charge is -1.96. The van der Waals surface area contributed by atoms with Crippen LogP contribution in [0.3, 0.4) is 0 Å². The van der Waals surface area contributed by atoms with Gasteiger partial charge in [-0.3, -0.25) is 0 Å². The summed E-state index contributed by atoms with van der Waals surface area (Å²) in [6, 6.07) is 19.4. The minimum Gasteiger partial charge on any atom is -0.375 e. The molecule has 0 radical (unpaired) electrons. The van der Waals surface area contributed by atoms with E-state index in [0.29, 0.717) is 5.13 Å². The molecule has 0 aliphatic rings. The maximum atomic E-state index is 5.79. The van der Waals surface area contributed by atoms with Crippen LogP contribution >= 0.6 is 11.3 Å². The summed E-state index contributed by atoms with van der Waals surface area (Å²) in [4.78, 5) is 4.34. The lowest BCUT2D eigenvalue weighted by atomic mass is 10.2.